The molecule has 0 spiro atoms. The maximum absolute atomic E-state index is 5.46. The molecule has 0 bridgehead atoms. The topological polar surface area (TPSA) is 82.7 Å². The molecule has 0 amide bonds. The number of rotatable bonds is 5. The molecule has 2 aliphatic heterocycles. The molecule has 8 nitrogen and oxygen atoms in total. The highest BCUT2D eigenvalue weighted by molar-refractivity contribution is 14.1. The standard InChI is InChI=1S/C16H20IN7O/c17-13-6-5-12(25-13)11-18-22-14-19-15(23-7-1-2-8-23)21-16(20-14)24-9-3-4-10-24/h5-6,11H,1-4,7-10H2,(H,19,20,21,22)/b18-11+. The van der Waals surface area contributed by atoms with Gasteiger partial charge in [-0.2, -0.15) is 20.1 Å². The van der Waals surface area contributed by atoms with Gasteiger partial charge in [0.25, 0.3) is 0 Å². The number of hydrazone groups is 1. The van der Waals surface area contributed by atoms with Crippen molar-refractivity contribution in [3.8, 4) is 0 Å². The number of halogens is 1. The summed E-state index contributed by atoms with van der Waals surface area (Å²) in [7, 11) is 0. The lowest BCUT2D eigenvalue weighted by Gasteiger charge is -2.20. The molecule has 9 heteroatoms. The van der Waals surface area contributed by atoms with Gasteiger partial charge in [0.05, 0.1) is 6.21 Å². The number of nitrogens with one attached hydrogen (secondary N) is 1. The fourth-order valence-corrected chi connectivity index (χ4v) is 3.51. The van der Waals surface area contributed by atoms with Gasteiger partial charge in [-0.3, -0.25) is 0 Å². The first-order chi connectivity index (χ1) is 12.3. The molecule has 25 heavy (non-hydrogen) atoms. The number of aromatic nitrogens is 3. The molecule has 4 rings (SSSR count). The highest BCUT2D eigenvalue weighted by atomic mass is 127. The number of furan rings is 1. The van der Waals surface area contributed by atoms with Crippen molar-refractivity contribution in [1.82, 2.24) is 15.0 Å². The average Bonchev–Trinajstić information content (AvgIpc) is 3.38. The molecule has 2 aliphatic rings. The monoisotopic (exact) mass is 453 g/mol. The summed E-state index contributed by atoms with van der Waals surface area (Å²) in [5, 5.41) is 4.20. The zero-order valence-corrected chi connectivity index (χ0v) is 16.0. The number of hydrogen-bond acceptors (Lipinski definition) is 8. The van der Waals surface area contributed by atoms with Crippen LogP contribution in [0.4, 0.5) is 17.8 Å². The lowest BCUT2D eigenvalue weighted by atomic mass is 10.4. The molecule has 0 atom stereocenters. The van der Waals surface area contributed by atoms with Gasteiger partial charge in [0.2, 0.25) is 17.8 Å². The molecule has 2 fully saturated rings. The Labute approximate surface area is 159 Å². The van der Waals surface area contributed by atoms with Gasteiger partial charge in [0, 0.05) is 26.2 Å². The van der Waals surface area contributed by atoms with E-state index in [4.69, 9.17) is 4.42 Å². The highest BCUT2D eigenvalue weighted by Crippen LogP contribution is 2.22. The number of anilines is 3. The molecule has 4 heterocycles. The van der Waals surface area contributed by atoms with Crippen LogP contribution >= 0.6 is 22.6 Å². The van der Waals surface area contributed by atoms with E-state index in [1.165, 1.54) is 25.7 Å². The second kappa shape index (κ2) is 7.54. The zero-order chi connectivity index (χ0) is 17.1. The van der Waals surface area contributed by atoms with E-state index in [9.17, 15) is 0 Å². The Hall–Kier alpha value is -1.91. The van der Waals surface area contributed by atoms with E-state index in [1.54, 1.807) is 6.21 Å². The first-order valence-electron chi connectivity index (χ1n) is 8.58. The van der Waals surface area contributed by atoms with Gasteiger partial charge >= 0.3 is 0 Å². The Morgan fingerprint density at radius 3 is 2.08 bits per heavy atom. The van der Waals surface area contributed by atoms with Crippen LogP contribution in [0.25, 0.3) is 0 Å². The van der Waals surface area contributed by atoms with Crippen LogP contribution < -0.4 is 15.2 Å². The Kier molecular flexibility index (Phi) is 4.99. The minimum atomic E-state index is 0.469. The van der Waals surface area contributed by atoms with Gasteiger partial charge in [-0.15, -0.1) is 0 Å². The number of hydrogen-bond donors (Lipinski definition) is 1. The van der Waals surface area contributed by atoms with E-state index in [-0.39, 0.29) is 0 Å². The van der Waals surface area contributed by atoms with Crippen LogP contribution in [0.5, 0.6) is 0 Å². The summed E-state index contributed by atoms with van der Waals surface area (Å²) in [5.74, 6) is 2.63. The molecule has 132 valence electrons. The molecule has 0 radical (unpaired) electrons. The third-order valence-corrected chi connectivity index (χ3v) is 4.92. The fourth-order valence-electron chi connectivity index (χ4n) is 3.07. The van der Waals surface area contributed by atoms with Crippen LogP contribution in [0, 0.1) is 3.77 Å². The maximum atomic E-state index is 5.46. The lowest BCUT2D eigenvalue weighted by molar-refractivity contribution is 0.531. The zero-order valence-electron chi connectivity index (χ0n) is 13.9. The molecule has 0 saturated carbocycles. The van der Waals surface area contributed by atoms with Crippen molar-refractivity contribution < 1.29 is 4.42 Å². The predicted octanol–water partition coefficient (Wildman–Crippen LogP) is 2.72. The quantitative estimate of drug-likeness (QED) is 0.424. The van der Waals surface area contributed by atoms with E-state index in [0.717, 1.165) is 41.8 Å². The summed E-state index contributed by atoms with van der Waals surface area (Å²) in [6, 6.07) is 3.76. The van der Waals surface area contributed by atoms with Crippen molar-refractivity contribution in [2.24, 2.45) is 5.10 Å². The second-order valence-electron chi connectivity index (χ2n) is 6.16. The average molecular weight is 453 g/mol. The largest absolute Gasteiger partial charge is 0.449 e. The molecule has 2 aromatic rings. The van der Waals surface area contributed by atoms with E-state index in [0.29, 0.717) is 11.7 Å². The van der Waals surface area contributed by atoms with Crippen molar-refractivity contribution in [3.63, 3.8) is 0 Å². The van der Waals surface area contributed by atoms with Crippen LogP contribution in [0.1, 0.15) is 31.4 Å². The summed E-state index contributed by atoms with van der Waals surface area (Å²) in [4.78, 5) is 18.2. The second-order valence-corrected chi connectivity index (χ2v) is 7.22. The fraction of sp³-hybridized carbons (Fsp3) is 0.500. The predicted molar refractivity (Wildman–Crippen MR) is 105 cm³/mol. The molecular weight excluding hydrogens is 433 g/mol. The van der Waals surface area contributed by atoms with Crippen LogP contribution in [-0.2, 0) is 0 Å². The van der Waals surface area contributed by atoms with Crippen molar-refractivity contribution in [1.29, 1.82) is 0 Å². The molecule has 0 aliphatic carbocycles. The molecule has 0 aromatic carbocycles. The van der Waals surface area contributed by atoms with Crippen molar-refractivity contribution >= 4 is 46.7 Å². The molecule has 1 N–H and O–H groups in total. The van der Waals surface area contributed by atoms with Crippen molar-refractivity contribution in [2.75, 3.05) is 41.4 Å². The number of nitrogens with zero attached hydrogens (tertiary/aromatic N) is 6. The van der Waals surface area contributed by atoms with Gasteiger partial charge in [0.1, 0.15) is 5.76 Å². The van der Waals surface area contributed by atoms with Gasteiger partial charge < -0.3 is 14.2 Å². The Morgan fingerprint density at radius 2 is 1.56 bits per heavy atom. The van der Waals surface area contributed by atoms with Crippen LogP contribution in [0.15, 0.2) is 21.7 Å². The van der Waals surface area contributed by atoms with Gasteiger partial charge in [-0.25, -0.2) is 5.43 Å². The third-order valence-electron chi connectivity index (χ3n) is 4.34. The highest BCUT2D eigenvalue weighted by Gasteiger charge is 2.21. The van der Waals surface area contributed by atoms with Gasteiger partial charge in [-0.1, -0.05) is 0 Å². The Bertz CT molecular complexity index is 716. The minimum absolute atomic E-state index is 0.469. The smallest absolute Gasteiger partial charge is 0.250 e. The Morgan fingerprint density at radius 1 is 0.960 bits per heavy atom. The SMILES string of the molecule is Ic1ccc(/C=N/Nc2nc(N3CCCC3)nc(N3CCCC3)n2)o1. The van der Waals surface area contributed by atoms with E-state index >= 15 is 0 Å². The molecule has 2 aromatic heterocycles. The van der Waals surface area contributed by atoms with Gasteiger partial charge in [0.15, 0.2) is 3.77 Å². The first-order valence-corrected chi connectivity index (χ1v) is 9.66. The van der Waals surface area contributed by atoms with Gasteiger partial charge in [-0.05, 0) is 60.4 Å². The first kappa shape index (κ1) is 16.6. The summed E-state index contributed by atoms with van der Waals surface area (Å²) < 4.78 is 6.28. The molecule has 2 saturated heterocycles. The summed E-state index contributed by atoms with van der Waals surface area (Å²) in [5.41, 5.74) is 2.92. The van der Waals surface area contributed by atoms with Crippen molar-refractivity contribution in [3.05, 3.63) is 21.7 Å². The molecular formula is C16H20IN7O. The van der Waals surface area contributed by atoms with Crippen molar-refractivity contribution in [2.45, 2.75) is 25.7 Å². The van der Waals surface area contributed by atoms with Crippen LogP contribution in [-0.4, -0.2) is 47.3 Å². The summed E-state index contributed by atoms with van der Waals surface area (Å²) in [6.45, 7) is 3.99. The maximum Gasteiger partial charge on any atom is 0.250 e. The van der Waals surface area contributed by atoms with Crippen LogP contribution in [0.3, 0.4) is 0 Å². The lowest BCUT2D eigenvalue weighted by Crippen LogP contribution is -2.25. The normalized spacial score (nSPS) is 17.8. The third kappa shape index (κ3) is 4.02. The Balaban J connectivity index is 1.55. The van der Waals surface area contributed by atoms with Crippen LogP contribution in [0.2, 0.25) is 0 Å². The summed E-state index contributed by atoms with van der Waals surface area (Å²) >= 11 is 2.12. The minimum Gasteiger partial charge on any atom is -0.449 e. The summed E-state index contributed by atoms with van der Waals surface area (Å²) in [6.07, 6.45) is 6.36. The van der Waals surface area contributed by atoms with E-state index in [1.807, 2.05) is 12.1 Å². The molecule has 0 unspecified atom stereocenters. The van der Waals surface area contributed by atoms with E-state index < -0.39 is 0 Å². The van der Waals surface area contributed by atoms with E-state index in [2.05, 4.69) is 57.9 Å².